The van der Waals surface area contributed by atoms with Crippen molar-refractivity contribution in [2.24, 2.45) is 0 Å². The Kier molecular flexibility index (Phi) is 7.07. The highest BCUT2D eigenvalue weighted by molar-refractivity contribution is 7.92. The summed E-state index contributed by atoms with van der Waals surface area (Å²) in [5, 5.41) is 0. The van der Waals surface area contributed by atoms with Crippen molar-refractivity contribution < 1.29 is 22.7 Å². The van der Waals surface area contributed by atoms with Crippen molar-refractivity contribution in [1.82, 2.24) is 4.90 Å². The second-order valence-electron chi connectivity index (χ2n) is 8.10. The van der Waals surface area contributed by atoms with E-state index >= 15 is 0 Å². The van der Waals surface area contributed by atoms with Gasteiger partial charge in [-0.15, -0.1) is 0 Å². The molecule has 0 aliphatic heterocycles. The molecule has 34 heavy (non-hydrogen) atoms. The Morgan fingerprint density at radius 3 is 2.12 bits per heavy atom. The number of nitrogens with one attached hydrogen (secondary N) is 1. The van der Waals surface area contributed by atoms with Gasteiger partial charge in [0.1, 0.15) is 11.5 Å². The molecule has 4 rings (SSSR count). The predicted octanol–water partition coefficient (Wildman–Crippen LogP) is 4.70. The van der Waals surface area contributed by atoms with Crippen molar-refractivity contribution in [3.63, 3.8) is 0 Å². The van der Waals surface area contributed by atoms with Crippen molar-refractivity contribution >= 4 is 21.6 Å². The summed E-state index contributed by atoms with van der Waals surface area (Å²) < 4.78 is 38.5. The summed E-state index contributed by atoms with van der Waals surface area (Å²) in [6.45, 7) is 2.89. The smallest absolute Gasteiger partial charge is 0.261 e. The zero-order chi connectivity index (χ0) is 24.1. The van der Waals surface area contributed by atoms with Gasteiger partial charge in [0.2, 0.25) is 0 Å². The predicted molar refractivity (Wildman–Crippen MR) is 131 cm³/mol. The number of carbonyl (C=O) groups excluding carboxylic acids is 1. The first-order valence-electron chi connectivity index (χ1n) is 11.2. The third-order valence-corrected chi connectivity index (χ3v) is 6.99. The van der Waals surface area contributed by atoms with E-state index < -0.39 is 10.0 Å². The molecule has 0 heterocycles. The largest absolute Gasteiger partial charge is 0.497 e. The number of rotatable bonds is 10. The van der Waals surface area contributed by atoms with Gasteiger partial charge < -0.3 is 14.4 Å². The summed E-state index contributed by atoms with van der Waals surface area (Å²) in [4.78, 5) is 15.2. The maximum Gasteiger partial charge on any atom is 0.261 e. The van der Waals surface area contributed by atoms with Gasteiger partial charge in [0.25, 0.3) is 15.9 Å². The lowest BCUT2D eigenvalue weighted by Gasteiger charge is -2.23. The van der Waals surface area contributed by atoms with E-state index in [2.05, 4.69) is 4.72 Å². The van der Waals surface area contributed by atoms with Crippen molar-refractivity contribution in [2.45, 2.75) is 37.2 Å². The standard InChI is InChI=1S/C26H28N2O5S/c1-3-33-24-14-16-25(17-15-24)34(30,31)27-21-8-6-20(7-9-21)26(29)28(22-10-11-22)18-19-4-12-23(32-2)13-5-19/h4-9,12-17,22,27H,3,10-11,18H2,1-2H3. The molecule has 178 valence electrons. The topological polar surface area (TPSA) is 84.9 Å². The molecular weight excluding hydrogens is 452 g/mol. The average molecular weight is 481 g/mol. The molecular formula is C26H28N2O5S. The van der Waals surface area contributed by atoms with Crippen LogP contribution in [-0.2, 0) is 16.6 Å². The van der Waals surface area contributed by atoms with Crippen LogP contribution < -0.4 is 14.2 Å². The van der Waals surface area contributed by atoms with Crippen molar-refractivity contribution in [3.8, 4) is 11.5 Å². The molecule has 1 aliphatic rings. The zero-order valence-electron chi connectivity index (χ0n) is 19.2. The lowest BCUT2D eigenvalue weighted by molar-refractivity contribution is 0.0730. The number of benzene rings is 3. The SMILES string of the molecule is CCOc1ccc(S(=O)(=O)Nc2ccc(C(=O)N(Cc3ccc(OC)cc3)C3CC3)cc2)cc1. The maximum absolute atomic E-state index is 13.2. The molecule has 3 aromatic carbocycles. The molecule has 0 aromatic heterocycles. The van der Waals surface area contributed by atoms with E-state index in [4.69, 9.17) is 9.47 Å². The van der Waals surface area contributed by atoms with Crippen LogP contribution in [0.1, 0.15) is 35.7 Å². The molecule has 0 spiro atoms. The first kappa shape index (κ1) is 23.6. The number of ether oxygens (including phenoxy) is 2. The molecule has 0 saturated heterocycles. The van der Waals surface area contributed by atoms with Crippen LogP contribution in [0.15, 0.2) is 77.7 Å². The Morgan fingerprint density at radius 2 is 1.56 bits per heavy atom. The summed E-state index contributed by atoms with van der Waals surface area (Å²) in [5.41, 5.74) is 1.93. The quantitative estimate of drug-likeness (QED) is 0.455. The van der Waals surface area contributed by atoms with Crippen molar-refractivity contribution in [3.05, 3.63) is 83.9 Å². The highest BCUT2D eigenvalue weighted by Crippen LogP contribution is 2.30. The van der Waals surface area contributed by atoms with Gasteiger partial charge in [0, 0.05) is 23.8 Å². The Hall–Kier alpha value is -3.52. The summed E-state index contributed by atoms with van der Waals surface area (Å²) in [6, 6.07) is 20.7. The van der Waals surface area contributed by atoms with Crippen LogP contribution in [0.4, 0.5) is 5.69 Å². The van der Waals surface area contributed by atoms with E-state index in [1.54, 1.807) is 43.5 Å². The Morgan fingerprint density at radius 1 is 0.941 bits per heavy atom. The van der Waals surface area contributed by atoms with Gasteiger partial charge >= 0.3 is 0 Å². The van der Waals surface area contributed by atoms with E-state index in [-0.39, 0.29) is 16.8 Å². The summed E-state index contributed by atoms with van der Waals surface area (Å²) in [7, 11) is -2.13. The lowest BCUT2D eigenvalue weighted by Crippen LogP contribution is -2.32. The van der Waals surface area contributed by atoms with E-state index in [1.165, 1.54) is 12.1 Å². The average Bonchev–Trinajstić information content (AvgIpc) is 3.69. The Bertz CT molecular complexity index is 1220. The Balaban J connectivity index is 1.44. The van der Waals surface area contributed by atoms with Crippen molar-refractivity contribution in [2.75, 3.05) is 18.4 Å². The molecule has 1 saturated carbocycles. The number of amides is 1. The number of carbonyl (C=O) groups is 1. The van der Waals surface area contributed by atoms with E-state index in [9.17, 15) is 13.2 Å². The molecule has 0 unspecified atom stereocenters. The van der Waals surface area contributed by atoms with Gasteiger partial charge in [-0.3, -0.25) is 9.52 Å². The number of hydrogen-bond acceptors (Lipinski definition) is 5. The van der Waals surface area contributed by atoms with E-state index in [0.29, 0.717) is 30.2 Å². The minimum absolute atomic E-state index is 0.0701. The number of sulfonamides is 1. The fourth-order valence-electron chi connectivity index (χ4n) is 3.62. The van der Waals surface area contributed by atoms with Crippen LogP contribution >= 0.6 is 0 Å². The van der Waals surface area contributed by atoms with E-state index in [1.807, 2.05) is 36.1 Å². The second kappa shape index (κ2) is 10.2. The summed E-state index contributed by atoms with van der Waals surface area (Å²) >= 11 is 0. The first-order valence-corrected chi connectivity index (χ1v) is 12.7. The maximum atomic E-state index is 13.2. The van der Waals surface area contributed by atoms with Crippen LogP contribution in [-0.4, -0.2) is 39.0 Å². The van der Waals surface area contributed by atoms with Gasteiger partial charge in [0.05, 0.1) is 18.6 Å². The fraction of sp³-hybridized carbons (Fsp3) is 0.269. The second-order valence-corrected chi connectivity index (χ2v) is 9.78. The summed E-state index contributed by atoms with van der Waals surface area (Å²) in [5.74, 6) is 1.31. The zero-order valence-corrected chi connectivity index (χ0v) is 20.0. The van der Waals surface area contributed by atoms with Gasteiger partial charge in [-0.05, 0) is 86.0 Å². The molecule has 8 heteroatoms. The number of methoxy groups -OCH3 is 1. The van der Waals surface area contributed by atoms with Crippen LogP contribution in [0, 0.1) is 0 Å². The molecule has 1 N–H and O–H groups in total. The minimum Gasteiger partial charge on any atom is -0.497 e. The van der Waals surface area contributed by atoms with Gasteiger partial charge in [-0.25, -0.2) is 8.42 Å². The normalized spacial score (nSPS) is 13.2. The molecule has 1 aliphatic carbocycles. The Labute approximate surface area is 200 Å². The number of anilines is 1. The lowest BCUT2D eigenvalue weighted by atomic mass is 10.1. The van der Waals surface area contributed by atoms with Crippen LogP contribution in [0.5, 0.6) is 11.5 Å². The molecule has 7 nitrogen and oxygen atoms in total. The third-order valence-electron chi connectivity index (χ3n) is 5.59. The van der Waals surface area contributed by atoms with Gasteiger partial charge in [0.15, 0.2) is 0 Å². The molecule has 1 amide bonds. The van der Waals surface area contributed by atoms with Crippen LogP contribution in [0.2, 0.25) is 0 Å². The fourth-order valence-corrected chi connectivity index (χ4v) is 4.68. The highest BCUT2D eigenvalue weighted by Gasteiger charge is 2.33. The van der Waals surface area contributed by atoms with Crippen LogP contribution in [0.25, 0.3) is 0 Å². The minimum atomic E-state index is -3.76. The molecule has 0 radical (unpaired) electrons. The number of hydrogen-bond donors (Lipinski definition) is 1. The third kappa shape index (κ3) is 5.69. The molecule has 1 fully saturated rings. The van der Waals surface area contributed by atoms with E-state index in [0.717, 1.165) is 24.2 Å². The van der Waals surface area contributed by atoms with Crippen LogP contribution in [0.3, 0.4) is 0 Å². The number of nitrogens with zero attached hydrogens (tertiary/aromatic N) is 1. The van der Waals surface area contributed by atoms with Gasteiger partial charge in [-0.1, -0.05) is 12.1 Å². The monoisotopic (exact) mass is 480 g/mol. The molecule has 0 bridgehead atoms. The molecule has 0 atom stereocenters. The van der Waals surface area contributed by atoms with Crippen molar-refractivity contribution in [1.29, 1.82) is 0 Å². The summed E-state index contributed by atoms with van der Waals surface area (Å²) in [6.07, 6.45) is 1.98. The van der Waals surface area contributed by atoms with Gasteiger partial charge in [-0.2, -0.15) is 0 Å². The first-order chi connectivity index (χ1) is 16.4. The highest BCUT2D eigenvalue weighted by atomic mass is 32.2. The molecule has 3 aromatic rings.